The molecule has 0 unspecified atom stereocenters. The van der Waals surface area contributed by atoms with Crippen molar-refractivity contribution in [1.29, 1.82) is 0 Å². The van der Waals surface area contributed by atoms with Crippen LogP contribution in [-0.2, 0) is 12.8 Å². The minimum Gasteiger partial charge on any atom is -0.477 e. The summed E-state index contributed by atoms with van der Waals surface area (Å²) in [6.07, 6.45) is 3.53. The van der Waals surface area contributed by atoms with Crippen LogP contribution in [0.15, 0.2) is 53.1 Å². The van der Waals surface area contributed by atoms with E-state index in [0.29, 0.717) is 24.8 Å². The van der Waals surface area contributed by atoms with Gasteiger partial charge in [0, 0.05) is 24.2 Å². The lowest BCUT2D eigenvalue weighted by molar-refractivity contribution is 0.307. The summed E-state index contributed by atoms with van der Waals surface area (Å²) in [5.41, 5.74) is 3.12. The third-order valence-electron chi connectivity index (χ3n) is 3.71. The van der Waals surface area contributed by atoms with Crippen molar-refractivity contribution in [3.05, 3.63) is 65.7 Å². The summed E-state index contributed by atoms with van der Waals surface area (Å²) < 4.78 is 11.4. The highest BCUT2D eigenvalue weighted by Gasteiger charge is 2.11. The molecule has 0 spiro atoms. The second kappa shape index (κ2) is 7.09. The highest BCUT2D eigenvalue weighted by Crippen LogP contribution is 2.21. The number of nitrogens with zero attached hydrogens (tertiary/aromatic N) is 2. The molecule has 2 aromatic heterocycles. The van der Waals surface area contributed by atoms with Crippen molar-refractivity contribution in [2.24, 2.45) is 0 Å². The van der Waals surface area contributed by atoms with Crippen LogP contribution in [0.1, 0.15) is 23.9 Å². The van der Waals surface area contributed by atoms with E-state index in [4.69, 9.17) is 9.15 Å². The number of rotatable bonds is 6. The van der Waals surface area contributed by atoms with Crippen LogP contribution < -0.4 is 4.74 Å². The number of aromatic nitrogens is 2. The van der Waals surface area contributed by atoms with Crippen LogP contribution in [0, 0.1) is 6.92 Å². The summed E-state index contributed by atoms with van der Waals surface area (Å²) in [6.45, 7) is 4.57. The number of hydrogen-bond donors (Lipinski definition) is 0. The van der Waals surface area contributed by atoms with Crippen molar-refractivity contribution >= 4 is 0 Å². The summed E-state index contributed by atoms with van der Waals surface area (Å²) in [7, 11) is 0. The minimum absolute atomic E-state index is 0.528. The predicted octanol–water partition coefficient (Wildman–Crippen LogP) is 4.23. The SMILES string of the molecule is CCc1ccc(OCCc2nc(-c3ccccc3)oc2C)nc1. The number of aryl methyl sites for hydroxylation is 2. The maximum atomic E-state index is 5.75. The molecule has 0 amide bonds. The van der Waals surface area contributed by atoms with Crippen molar-refractivity contribution < 1.29 is 9.15 Å². The van der Waals surface area contributed by atoms with E-state index < -0.39 is 0 Å². The number of ether oxygens (including phenoxy) is 1. The molecule has 0 bridgehead atoms. The first kappa shape index (κ1) is 15.3. The molecule has 0 fully saturated rings. The highest BCUT2D eigenvalue weighted by molar-refractivity contribution is 5.53. The molecule has 0 N–H and O–H groups in total. The Hall–Kier alpha value is -2.62. The Balaban J connectivity index is 1.61. The van der Waals surface area contributed by atoms with Crippen LogP contribution in [0.25, 0.3) is 11.5 Å². The monoisotopic (exact) mass is 308 g/mol. The second-order valence-electron chi connectivity index (χ2n) is 5.34. The fraction of sp³-hybridized carbons (Fsp3) is 0.263. The van der Waals surface area contributed by atoms with E-state index in [1.807, 2.05) is 55.6 Å². The van der Waals surface area contributed by atoms with Gasteiger partial charge in [0.05, 0.1) is 12.3 Å². The van der Waals surface area contributed by atoms with E-state index in [1.54, 1.807) is 0 Å². The van der Waals surface area contributed by atoms with Crippen LogP contribution in [0.3, 0.4) is 0 Å². The quantitative estimate of drug-likeness (QED) is 0.684. The van der Waals surface area contributed by atoms with Crippen molar-refractivity contribution in [2.75, 3.05) is 6.61 Å². The van der Waals surface area contributed by atoms with Gasteiger partial charge in [0.1, 0.15) is 5.76 Å². The van der Waals surface area contributed by atoms with Crippen molar-refractivity contribution in [1.82, 2.24) is 9.97 Å². The number of benzene rings is 1. The van der Waals surface area contributed by atoms with Gasteiger partial charge in [0.2, 0.25) is 11.8 Å². The summed E-state index contributed by atoms with van der Waals surface area (Å²) in [6, 6.07) is 13.9. The second-order valence-corrected chi connectivity index (χ2v) is 5.34. The molecule has 2 heterocycles. The lowest BCUT2D eigenvalue weighted by Crippen LogP contribution is -2.04. The molecule has 0 saturated carbocycles. The van der Waals surface area contributed by atoms with Crippen LogP contribution in [0.5, 0.6) is 5.88 Å². The number of oxazole rings is 1. The Morgan fingerprint density at radius 3 is 2.61 bits per heavy atom. The molecule has 3 aromatic rings. The molecule has 0 radical (unpaired) electrons. The molecule has 118 valence electrons. The van der Waals surface area contributed by atoms with Gasteiger partial charge in [-0.1, -0.05) is 31.2 Å². The Morgan fingerprint density at radius 1 is 1.09 bits per heavy atom. The van der Waals surface area contributed by atoms with E-state index in [9.17, 15) is 0 Å². The largest absolute Gasteiger partial charge is 0.477 e. The molecule has 0 saturated heterocycles. The first-order valence-corrected chi connectivity index (χ1v) is 7.85. The van der Waals surface area contributed by atoms with Gasteiger partial charge in [-0.2, -0.15) is 0 Å². The molecular formula is C19H20N2O2. The maximum absolute atomic E-state index is 5.75. The molecular weight excluding hydrogens is 288 g/mol. The molecule has 3 rings (SSSR count). The molecule has 0 aliphatic heterocycles. The summed E-state index contributed by atoms with van der Waals surface area (Å²) in [4.78, 5) is 8.86. The Labute approximate surface area is 136 Å². The molecule has 23 heavy (non-hydrogen) atoms. The third-order valence-corrected chi connectivity index (χ3v) is 3.71. The van der Waals surface area contributed by atoms with Gasteiger partial charge in [-0.25, -0.2) is 9.97 Å². The maximum Gasteiger partial charge on any atom is 0.226 e. The smallest absolute Gasteiger partial charge is 0.226 e. The van der Waals surface area contributed by atoms with Gasteiger partial charge in [-0.3, -0.25) is 0 Å². The van der Waals surface area contributed by atoms with E-state index >= 15 is 0 Å². The predicted molar refractivity (Wildman–Crippen MR) is 89.5 cm³/mol. The van der Waals surface area contributed by atoms with Gasteiger partial charge in [-0.15, -0.1) is 0 Å². The minimum atomic E-state index is 0.528. The summed E-state index contributed by atoms with van der Waals surface area (Å²) in [5, 5.41) is 0. The van der Waals surface area contributed by atoms with E-state index in [1.165, 1.54) is 5.56 Å². The first-order valence-electron chi connectivity index (χ1n) is 7.85. The fourth-order valence-corrected chi connectivity index (χ4v) is 2.32. The number of pyridine rings is 1. The molecule has 4 nitrogen and oxygen atoms in total. The van der Waals surface area contributed by atoms with Gasteiger partial charge in [0.15, 0.2) is 0 Å². The van der Waals surface area contributed by atoms with Crippen molar-refractivity contribution in [3.63, 3.8) is 0 Å². The average Bonchev–Trinajstić information content (AvgIpc) is 2.97. The molecule has 0 atom stereocenters. The van der Waals surface area contributed by atoms with Gasteiger partial charge in [0.25, 0.3) is 0 Å². The zero-order chi connectivity index (χ0) is 16.1. The van der Waals surface area contributed by atoms with Gasteiger partial charge < -0.3 is 9.15 Å². The standard InChI is InChI=1S/C19H20N2O2/c1-3-15-9-10-18(20-13-15)22-12-11-17-14(2)23-19(21-17)16-7-5-4-6-8-16/h4-10,13H,3,11-12H2,1-2H3. The number of hydrogen-bond acceptors (Lipinski definition) is 4. The fourth-order valence-electron chi connectivity index (χ4n) is 2.32. The van der Waals surface area contributed by atoms with Crippen molar-refractivity contribution in [2.45, 2.75) is 26.7 Å². The van der Waals surface area contributed by atoms with Crippen LogP contribution >= 0.6 is 0 Å². The van der Waals surface area contributed by atoms with E-state index in [2.05, 4.69) is 16.9 Å². The van der Waals surface area contributed by atoms with Gasteiger partial charge in [-0.05, 0) is 31.0 Å². The molecule has 0 aliphatic carbocycles. The van der Waals surface area contributed by atoms with Crippen molar-refractivity contribution in [3.8, 4) is 17.3 Å². The van der Waals surface area contributed by atoms with Crippen LogP contribution in [-0.4, -0.2) is 16.6 Å². The zero-order valence-corrected chi connectivity index (χ0v) is 13.5. The normalized spacial score (nSPS) is 10.7. The van der Waals surface area contributed by atoms with E-state index in [-0.39, 0.29) is 0 Å². The lowest BCUT2D eigenvalue weighted by Gasteiger charge is -2.04. The van der Waals surface area contributed by atoms with E-state index in [0.717, 1.165) is 23.4 Å². The molecule has 0 aliphatic rings. The van der Waals surface area contributed by atoms with Gasteiger partial charge >= 0.3 is 0 Å². The Morgan fingerprint density at radius 2 is 1.91 bits per heavy atom. The molecule has 4 heteroatoms. The van der Waals surface area contributed by atoms with Crippen LogP contribution in [0.2, 0.25) is 0 Å². The topological polar surface area (TPSA) is 48.2 Å². The Kier molecular flexibility index (Phi) is 4.71. The van der Waals surface area contributed by atoms with Crippen LogP contribution in [0.4, 0.5) is 0 Å². The third kappa shape index (κ3) is 3.77. The summed E-state index contributed by atoms with van der Waals surface area (Å²) >= 11 is 0. The zero-order valence-electron chi connectivity index (χ0n) is 13.5. The first-order chi connectivity index (χ1) is 11.3. The average molecular weight is 308 g/mol. The molecule has 1 aromatic carbocycles. The lowest BCUT2D eigenvalue weighted by atomic mass is 10.2. The summed E-state index contributed by atoms with van der Waals surface area (Å²) in [5.74, 6) is 2.14. The Bertz CT molecular complexity index is 749. The highest BCUT2D eigenvalue weighted by atomic mass is 16.5.